The molecule has 17 heavy (non-hydrogen) atoms. The van der Waals surface area contributed by atoms with E-state index < -0.39 is 5.97 Å². The molecule has 1 aromatic carbocycles. The molecule has 0 radical (unpaired) electrons. The summed E-state index contributed by atoms with van der Waals surface area (Å²) in [7, 11) is 2.86. The molecule has 0 aliphatic carbocycles. The summed E-state index contributed by atoms with van der Waals surface area (Å²) in [5.41, 5.74) is 0.430. The molecule has 0 saturated carbocycles. The number of esters is 1. The van der Waals surface area contributed by atoms with E-state index in [0.717, 1.165) is 6.61 Å². The van der Waals surface area contributed by atoms with Gasteiger partial charge in [0.15, 0.2) is 11.5 Å². The number of carbonyl (C=O) groups excluding carboxylic acids is 1. The standard InChI is InChI=1S/C12H14O5/c1-14-11-5-8(12(13)15-2)3-4-10(11)17-7-9-6-16-9/h3-5,9H,6-7H2,1-2H3/t9-/m0/s1. The molecule has 0 N–H and O–H groups in total. The summed E-state index contributed by atoms with van der Waals surface area (Å²) < 4.78 is 20.3. The van der Waals surface area contributed by atoms with Crippen LogP contribution in [0.1, 0.15) is 10.4 Å². The van der Waals surface area contributed by atoms with E-state index >= 15 is 0 Å². The first-order valence-electron chi connectivity index (χ1n) is 5.25. The third-order valence-electron chi connectivity index (χ3n) is 2.41. The Morgan fingerprint density at radius 3 is 2.76 bits per heavy atom. The van der Waals surface area contributed by atoms with E-state index in [1.165, 1.54) is 14.2 Å². The number of carbonyl (C=O) groups is 1. The molecule has 1 saturated heterocycles. The van der Waals surface area contributed by atoms with Crippen molar-refractivity contribution in [1.29, 1.82) is 0 Å². The van der Waals surface area contributed by atoms with E-state index in [1.807, 2.05) is 0 Å². The highest BCUT2D eigenvalue weighted by molar-refractivity contribution is 5.90. The maximum Gasteiger partial charge on any atom is 0.337 e. The topological polar surface area (TPSA) is 57.3 Å². The fourth-order valence-corrected chi connectivity index (χ4v) is 1.38. The Morgan fingerprint density at radius 1 is 1.41 bits per heavy atom. The highest BCUT2D eigenvalue weighted by atomic mass is 16.6. The quantitative estimate of drug-likeness (QED) is 0.571. The number of epoxide rings is 1. The van der Waals surface area contributed by atoms with Crippen molar-refractivity contribution in [2.75, 3.05) is 27.4 Å². The number of ether oxygens (including phenoxy) is 4. The van der Waals surface area contributed by atoms with Gasteiger partial charge in [0, 0.05) is 0 Å². The first-order chi connectivity index (χ1) is 8.24. The second-order valence-electron chi connectivity index (χ2n) is 3.62. The zero-order valence-corrected chi connectivity index (χ0v) is 9.76. The van der Waals surface area contributed by atoms with Crippen LogP contribution in [-0.4, -0.2) is 39.5 Å². The van der Waals surface area contributed by atoms with Gasteiger partial charge in [-0.15, -0.1) is 0 Å². The molecule has 1 heterocycles. The molecule has 1 fully saturated rings. The molecular formula is C12H14O5. The molecule has 1 aliphatic rings. The van der Waals surface area contributed by atoms with E-state index in [2.05, 4.69) is 4.74 Å². The minimum atomic E-state index is -0.402. The Labute approximate surface area is 99.2 Å². The molecule has 5 heteroatoms. The van der Waals surface area contributed by atoms with Crippen LogP contribution >= 0.6 is 0 Å². The number of rotatable bonds is 5. The lowest BCUT2D eigenvalue weighted by atomic mass is 10.2. The van der Waals surface area contributed by atoms with E-state index in [-0.39, 0.29) is 6.10 Å². The van der Waals surface area contributed by atoms with Gasteiger partial charge in [0.2, 0.25) is 0 Å². The van der Waals surface area contributed by atoms with E-state index in [0.29, 0.717) is 23.7 Å². The van der Waals surface area contributed by atoms with Crippen LogP contribution in [0.3, 0.4) is 0 Å². The van der Waals surface area contributed by atoms with Gasteiger partial charge in [-0.2, -0.15) is 0 Å². The lowest BCUT2D eigenvalue weighted by molar-refractivity contribution is 0.0600. The molecule has 0 spiro atoms. The molecule has 1 aromatic rings. The van der Waals surface area contributed by atoms with Gasteiger partial charge in [0.1, 0.15) is 12.7 Å². The second-order valence-corrected chi connectivity index (χ2v) is 3.62. The molecule has 1 aliphatic heterocycles. The molecular weight excluding hydrogens is 224 g/mol. The molecule has 0 bridgehead atoms. The number of methoxy groups -OCH3 is 2. The zero-order chi connectivity index (χ0) is 12.3. The SMILES string of the molecule is COC(=O)c1ccc(OC[C@@H]2CO2)c(OC)c1. The fraction of sp³-hybridized carbons (Fsp3) is 0.417. The smallest absolute Gasteiger partial charge is 0.337 e. The zero-order valence-electron chi connectivity index (χ0n) is 9.76. The molecule has 1 atom stereocenters. The van der Waals surface area contributed by atoms with Crippen molar-refractivity contribution >= 4 is 5.97 Å². The Bertz CT molecular complexity index is 411. The summed E-state index contributed by atoms with van der Waals surface area (Å²) in [6.07, 6.45) is 0.181. The van der Waals surface area contributed by atoms with Gasteiger partial charge >= 0.3 is 5.97 Å². The number of hydrogen-bond acceptors (Lipinski definition) is 5. The molecule has 0 unspecified atom stereocenters. The maximum absolute atomic E-state index is 11.3. The Kier molecular flexibility index (Phi) is 3.49. The van der Waals surface area contributed by atoms with Crippen molar-refractivity contribution in [3.05, 3.63) is 23.8 Å². The summed E-state index contributed by atoms with van der Waals surface area (Å²) in [6, 6.07) is 4.92. The average Bonchev–Trinajstić information content (AvgIpc) is 3.19. The van der Waals surface area contributed by atoms with Crippen molar-refractivity contribution in [2.24, 2.45) is 0 Å². The van der Waals surface area contributed by atoms with E-state index in [4.69, 9.17) is 14.2 Å². The molecule has 92 valence electrons. The molecule has 5 nitrogen and oxygen atoms in total. The normalized spacial score (nSPS) is 17.4. The predicted molar refractivity (Wildman–Crippen MR) is 59.6 cm³/mol. The van der Waals surface area contributed by atoms with Crippen molar-refractivity contribution in [3.8, 4) is 11.5 Å². The van der Waals surface area contributed by atoms with Gasteiger partial charge in [0.05, 0.1) is 26.4 Å². The summed E-state index contributed by atoms with van der Waals surface area (Å²) in [5, 5.41) is 0. The highest BCUT2D eigenvalue weighted by Crippen LogP contribution is 2.29. The Morgan fingerprint density at radius 2 is 2.18 bits per heavy atom. The van der Waals surface area contributed by atoms with Crippen molar-refractivity contribution in [1.82, 2.24) is 0 Å². The van der Waals surface area contributed by atoms with Gasteiger partial charge in [-0.05, 0) is 18.2 Å². The lowest BCUT2D eigenvalue weighted by Gasteiger charge is -2.10. The summed E-state index contributed by atoms with van der Waals surface area (Å²) >= 11 is 0. The highest BCUT2D eigenvalue weighted by Gasteiger charge is 2.23. The van der Waals surface area contributed by atoms with Gasteiger partial charge in [-0.25, -0.2) is 4.79 Å². The van der Waals surface area contributed by atoms with E-state index in [9.17, 15) is 4.79 Å². The van der Waals surface area contributed by atoms with Crippen LogP contribution in [0.15, 0.2) is 18.2 Å². The van der Waals surface area contributed by atoms with Crippen LogP contribution in [0.4, 0.5) is 0 Å². The monoisotopic (exact) mass is 238 g/mol. The van der Waals surface area contributed by atoms with Crippen LogP contribution in [0.5, 0.6) is 11.5 Å². The van der Waals surface area contributed by atoms with Crippen LogP contribution < -0.4 is 9.47 Å². The van der Waals surface area contributed by atoms with Crippen LogP contribution in [0.2, 0.25) is 0 Å². The van der Waals surface area contributed by atoms with Crippen LogP contribution in [-0.2, 0) is 9.47 Å². The largest absolute Gasteiger partial charge is 0.493 e. The minimum absolute atomic E-state index is 0.181. The van der Waals surface area contributed by atoms with E-state index in [1.54, 1.807) is 18.2 Å². The maximum atomic E-state index is 11.3. The third-order valence-corrected chi connectivity index (χ3v) is 2.41. The van der Waals surface area contributed by atoms with Crippen molar-refractivity contribution in [3.63, 3.8) is 0 Å². The second kappa shape index (κ2) is 5.05. The molecule has 0 aromatic heterocycles. The summed E-state index contributed by atoms with van der Waals surface area (Å²) in [5.74, 6) is 0.699. The molecule has 2 rings (SSSR count). The van der Waals surface area contributed by atoms with Crippen LogP contribution in [0.25, 0.3) is 0 Å². The van der Waals surface area contributed by atoms with Gasteiger partial charge in [-0.3, -0.25) is 0 Å². The van der Waals surface area contributed by atoms with Gasteiger partial charge in [0.25, 0.3) is 0 Å². The molecule has 0 amide bonds. The van der Waals surface area contributed by atoms with Crippen LogP contribution in [0, 0.1) is 0 Å². The summed E-state index contributed by atoms with van der Waals surface area (Å²) in [4.78, 5) is 11.3. The lowest BCUT2D eigenvalue weighted by Crippen LogP contribution is -2.06. The number of hydrogen-bond donors (Lipinski definition) is 0. The van der Waals surface area contributed by atoms with Crippen molar-refractivity contribution < 1.29 is 23.7 Å². The van der Waals surface area contributed by atoms with Crippen molar-refractivity contribution in [2.45, 2.75) is 6.10 Å². The Balaban J connectivity index is 2.11. The Hall–Kier alpha value is -1.75. The number of benzene rings is 1. The first kappa shape index (κ1) is 11.7. The first-order valence-corrected chi connectivity index (χ1v) is 5.25. The summed E-state index contributed by atoms with van der Waals surface area (Å²) in [6.45, 7) is 1.23. The minimum Gasteiger partial charge on any atom is -0.493 e. The van der Waals surface area contributed by atoms with Gasteiger partial charge in [-0.1, -0.05) is 0 Å². The fourth-order valence-electron chi connectivity index (χ4n) is 1.38. The van der Waals surface area contributed by atoms with Gasteiger partial charge < -0.3 is 18.9 Å². The third kappa shape index (κ3) is 2.88. The average molecular weight is 238 g/mol. The predicted octanol–water partition coefficient (Wildman–Crippen LogP) is 1.26.